The van der Waals surface area contributed by atoms with Gasteiger partial charge in [0.15, 0.2) is 0 Å². The Hall–Kier alpha value is -1.87. The smallest absolute Gasteiger partial charge is 0.140 e. The fraction of sp³-hybridized carbons (Fsp3) is 0.133. The van der Waals surface area contributed by atoms with E-state index in [1.165, 1.54) is 12.1 Å². The maximum Gasteiger partial charge on any atom is 0.140 e. The first-order valence-corrected chi connectivity index (χ1v) is 6.50. The summed E-state index contributed by atoms with van der Waals surface area (Å²) in [5.41, 5.74) is 3.64. The van der Waals surface area contributed by atoms with Crippen LogP contribution in [0.1, 0.15) is 5.56 Å². The second-order valence-corrected chi connectivity index (χ2v) is 4.73. The predicted octanol–water partition coefficient (Wildman–Crippen LogP) is 4.12. The van der Waals surface area contributed by atoms with Gasteiger partial charge in [-0.3, -0.25) is 0 Å². The van der Waals surface area contributed by atoms with Crippen LogP contribution in [0.15, 0.2) is 42.5 Å². The molecule has 3 rings (SSSR count). The normalized spacial score (nSPS) is 11.1. The van der Waals surface area contributed by atoms with E-state index in [0.717, 1.165) is 28.0 Å². The second-order valence-electron chi connectivity index (χ2n) is 4.46. The Morgan fingerprint density at radius 1 is 1.16 bits per heavy atom. The zero-order chi connectivity index (χ0) is 13.4. The lowest BCUT2D eigenvalue weighted by Crippen LogP contribution is -1.92. The van der Waals surface area contributed by atoms with Gasteiger partial charge >= 0.3 is 0 Å². The highest BCUT2D eigenvalue weighted by atomic mass is 35.5. The maximum atomic E-state index is 13.3. The van der Waals surface area contributed by atoms with Gasteiger partial charge in [-0.2, -0.15) is 0 Å². The molecule has 1 aromatic heterocycles. The van der Waals surface area contributed by atoms with Crippen LogP contribution >= 0.6 is 11.6 Å². The van der Waals surface area contributed by atoms with E-state index < -0.39 is 0 Å². The van der Waals surface area contributed by atoms with Crippen molar-refractivity contribution in [3.63, 3.8) is 0 Å². The van der Waals surface area contributed by atoms with Crippen LogP contribution in [-0.2, 0) is 12.9 Å². The fourth-order valence-corrected chi connectivity index (χ4v) is 2.34. The Bertz CT molecular complexity index is 732. The first-order valence-electron chi connectivity index (χ1n) is 5.96. The lowest BCUT2D eigenvalue weighted by atomic mass is 10.1. The van der Waals surface area contributed by atoms with Gasteiger partial charge in [-0.05, 0) is 23.8 Å². The molecule has 0 spiro atoms. The number of fused-ring (bicyclic) bond motifs is 1. The Balaban J connectivity index is 2.16. The molecule has 2 nitrogen and oxygen atoms in total. The number of aromatic nitrogens is 2. The predicted molar refractivity (Wildman–Crippen MR) is 75.7 cm³/mol. The third kappa shape index (κ3) is 2.10. The summed E-state index contributed by atoms with van der Waals surface area (Å²) < 4.78 is 15.2. The lowest BCUT2D eigenvalue weighted by Gasteiger charge is -2.03. The third-order valence-corrected chi connectivity index (χ3v) is 3.52. The first kappa shape index (κ1) is 12.2. The molecule has 0 fully saturated rings. The molecule has 0 unspecified atom stereocenters. The molecule has 0 N–H and O–H groups in total. The van der Waals surface area contributed by atoms with Crippen molar-refractivity contribution in [2.24, 2.45) is 7.05 Å². The van der Waals surface area contributed by atoms with Crippen LogP contribution in [0.5, 0.6) is 0 Å². The number of imidazole rings is 1. The summed E-state index contributed by atoms with van der Waals surface area (Å²) in [5, 5.41) is 0. The molecule has 0 aliphatic carbocycles. The van der Waals surface area contributed by atoms with E-state index in [0.29, 0.717) is 5.88 Å². The second kappa shape index (κ2) is 4.67. The summed E-state index contributed by atoms with van der Waals surface area (Å²) in [7, 11) is 1.89. The Morgan fingerprint density at radius 3 is 2.58 bits per heavy atom. The summed E-state index contributed by atoms with van der Waals surface area (Å²) in [6, 6.07) is 12.5. The highest BCUT2D eigenvalue weighted by molar-refractivity contribution is 6.17. The number of hydrogen-bond acceptors (Lipinski definition) is 1. The summed E-state index contributed by atoms with van der Waals surface area (Å²) in [6.07, 6.45) is 0. The van der Waals surface area contributed by atoms with Gasteiger partial charge < -0.3 is 4.57 Å². The van der Waals surface area contributed by atoms with Crippen molar-refractivity contribution in [3.05, 3.63) is 53.8 Å². The monoisotopic (exact) mass is 274 g/mol. The van der Waals surface area contributed by atoms with Gasteiger partial charge in [0.25, 0.3) is 0 Å². The van der Waals surface area contributed by atoms with Crippen molar-refractivity contribution in [3.8, 4) is 11.4 Å². The van der Waals surface area contributed by atoms with E-state index in [-0.39, 0.29) is 5.82 Å². The summed E-state index contributed by atoms with van der Waals surface area (Å²) in [5.74, 6) is 1.06. The number of benzene rings is 2. The van der Waals surface area contributed by atoms with E-state index in [2.05, 4.69) is 4.98 Å². The fourth-order valence-electron chi connectivity index (χ4n) is 2.16. The number of halogens is 2. The van der Waals surface area contributed by atoms with Crippen molar-refractivity contribution in [1.82, 2.24) is 9.55 Å². The van der Waals surface area contributed by atoms with Crippen LogP contribution in [0.3, 0.4) is 0 Å². The summed E-state index contributed by atoms with van der Waals surface area (Å²) >= 11 is 5.78. The number of rotatable bonds is 2. The van der Waals surface area contributed by atoms with Crippen molar-refractivity contribution in [2.75, 3.05) is 0 Å². The molecule has 0 bridgehead atoms. The Labute approximate surface area is 115 Å². The van der Waals surface area contributed by atoms with Crippen LogP contribution in [-0.4, -0.2) is 9.55 Å². The van der Waals surface area contributed by atoms with Gasteiger partial charge in [0.2, 0.25) is 0 Å². The topological polar surface area (TPSA) is 17.8 Å². The summed E-state index contributed by atoms with van der Waals surface area (Å²) in [4.78, 5) is 4.54. The molecular formula is C15H12ClFN2. The Kier molecular flexibility index (Phi) is 2.99. The maximum absolute atomic E-state index is 13.3. The molecule has 2 aromatic carbocycles. The average molecular weight is 275 g/mol. The Morgan fingerprint density at radius 2 is 1.89 bits per heavy atom. The molecule has 0 aliphatic heterocycles. The number of nitrogens with zero attached hydrogens (tertiary/aromatic N) is 2. The SMILES string of the molecule is Cn1c(-c2ccc(CCl)cc2)nc2ccc(F)cc21. The molecule has 4 heteroatoms. The highest BCUT2D eigenvalue weighted by Gasteiger charge is 2.10. The minimum Gasteiger partial charge on any atom is -0.327 e. The zero-order valence-corrected chi connectivity index (χ0v) is 11.2. The van der Waals surface area contributed by atoms with E-state index in [9.17, 15) is 4.39 Å². The number of aryl methyl sites for hydroxylation is 1. The molecule has 0 saturated heterocycles. The average Bonchev–Trinajstić information content (AvgIpc) is 2.76. The van der Waals surface area contributed by atoms with E-state index in [1.807, 2.05) is 35.9 Å². The van der Waals surface area contributed by atoms with E-state index in [4.69, 9.17) is 11.6 Å². The first-order chi connectivity index (χ1) is 9.19. The number of alkyl halides is 1. The van der Waals surface area contributed by atoms with Crippen LogP contribution in [0.25, 0.3) is 22.4 Å². The van der Waals surface area contributed by atoms with Crippen molar-refractivity contribution < 1.29 is 4.39 Å². The van der Waals surface area contributed by atoms with Crippen molar-refractivity contribution >= 4 is 22.6 Å². The summed E-state index contributed by atoms with van der Waals surface area (Å²) in [6.45, 7) is 0. The minimum atomic E-state index is -0.250. The van der Waals surface area contributed by atoms with Gasteiger partial charge in [-0.25, -0.2) is 9.37 Å². The molecule has 0 saturated carbocycles. The minimum absolute atomic E-state index is 0.250. The van der Waals surface area contributed by atoms with Crippen molar-refractivity contribution in [2.45, 2.75) is 5.88 Å². The third-order valence-electron chi connectivity index (χ3n) is 3.21. The van der Waals surface area contributed by atoms with Gasteiger partial charge in [0.1, 0.15) is 11.6 Å². The van der Waals surface area contributed by atoms with E-state index >= 15 is 0 Å². The molecule has 1 heterocycles. The van der Waals surface area contributed by atoms with Gasteiger partial charge in [-0.15, -0.1) is 11.6 Å². The quantitative estimate of drug-likeness (QED) is 0.643. The number of hydrogen-bond donors (Lipinski definition) is 0. The van der Waals surface area contributed by atoms with Crippen LogP contribution in [0, 0.1) is 5.82 Å². The van der Waals surface area contributed by atoms with Gasteiger partial charge in [-0.1, -0.05) is 24.3 Å². The molecule has 0 aliphatic rings. The molecule has 3 aromatic rings. The lowest BCUT2D eigenvalue weighted by molar-refractivity contribution is 0.629. The highest BCUT2D eigenvalue weighted by Crippen LogP contribution is 2.24. The molecule has 0 radical (unpaired) electrons. The standard InChI is InChI=1S/C15H12ClFN2/c1-19-14-8-12(17)6-7-13(14)18-15(19)11-4-2-10(9-16)3-5-11/h2-8H,9H2,1H3. The molecular weight excluding hydrogens is 263 g/mol. The molecule has 0 atom stereocenters. The zero-order valence-electron chi connectivity index (χ0n) is 10.4. The largest absolute Gasteiger partial charge is 0.327 e. The van der Waals surface area contributed by atoms with E-state index in [1.54, 1.807) is 6.07 Å². The molecule has 96 valence electrons. The van der Waals surface area contributed by atoms with Crippen molar-refractivity contribution in [1.29, 1.82) is 0 Å². The van der Waals surface area contributed by atoms with Gasteiger partial charge in [0.05, 0.1) is 11.0 Å². The van der Waals surface area contributed by atoms with Crippen LogP contribution in [0.4, 0.5) is 4.39 Å². The molecule has 0 amide bonds. The van der Waals surface area contributed by atoms with Crippen LogP contribution < -0.4 is 0 Å². The molecule has 19 heavy (non-hydrogen) atoms. The van der Waals surface area contributed by atoms with Gasteiger partial charge in [0, 0.05) is 18.5 Å². The van der Waals surface area contributed by atoms with Crippen LogP contribution in [0.2, 0.25) is 0 Å².